The molecule has 1 aliphatic rings. The van der Waals surface area contributed by atoms with Gasteiger partial charge in [-0.15, -0.1) is 0 Å². The molecule has 1 saturated carbocycles. The maximum atomic E-state index is 12.3. The van der Waals surface area contributed by atoms with Crippen molar-refractivity contribution < 1.29 is 9.59 Å². The molecule has 0 aromatic heterocycles. The highest BCUT2D eigenvalue weighted by Gasteiger charge is 2.33. The molecule has 0 aliphatic heterocycles. The number of likely N-dealkylation sites (N-methyl/N-ethyl adjacent to an activating group) is 1. The van der Waals surface area contributed by atoms with Crippen LogP contribution in [0.3, 0.4) is 0 Å². The first-order valence-electron chi connectivity index (χ1n) is 7.11. The quantitative estimate of drug-likeness (QED) is 0.790. The predicted molar refractivity (Wildman–Crippen MR) is 75.4 cm³/mol. The largest absolute Gasteiger partial charge is 0.352 e. The number of rotatable bonds is 4. The SMILES string of the molecule is CC(C)NC(=O)CN(C)C(=O)C1CCC(N)CC1C. The Morgan fingerprint density at radius 3 is 2.53 bits per heavy atom. The van der Waals surface area contributed by atoms with E-state index in [9.17, 15) is 9.59 Å². The molecule has 0 aromatic rings. The van der Waals surface area contributed by atoms with Crippen LogP contribution in [0, 0.1) is 11.8 Å². The molecule has 0 saturated heterocycles. The summed E-state index contributed by atoms with van der Waals surface area (Å²) in [6, 6.07) is 0.316. The fourth-order valence-electron chi connectivity index (χ4n) is 2.75. The second-order valence-corrected chi connectivity index (χ2v) is 6.07. The minimum Gasteiger partial charge on any atom is -0.352 e. The summed E-state index contributed by atoms with van der Waals surface area (Å²) in [5.74, 6) is 0.271. The van der Waals surface area contributed by atoms with Crippen molar-refractivity contribution in [3.05, 3.63) is 0 Å². The van der Waals surface area contributed by atoms with Gasteiger partial charge in [0.1, 0.15) is 0 Å². The number of amides is 2. The van der Waals surface area contributed by atoms with E-state index < -0.39 is 0 Å². The summed E-state index contributed by atoms with van der Waals surface area (Å²) in [7, 11) is 1.70. The summed E-state index contributed by atoms with van der Waals surface area (Å²) in [6.07, 6.45) is 2.62. The van der Waals surface area contributed by atoms with Crippen molar-refractivity contribution in [3.8, 4) is 0 Å². The van der Waals surface area contributed by atoms with E-state index in [-0.39, 0.29) is 36.4 Å². The molecule has 5 nitrogen and oxygen atoms in total. The minimum atomic E-state index is -0.106. The highest BCUT2D eigenvalue weighted by atomic mass is 16.2. The fourth-order valence-corrected chi connectivity index (χ4v) is 2.75. The van der Waals surface area contributed by atoms with Crippen molar-refractivity contribution in [2.75, 3.05) is 13.6 Å². The molecule has 3 unspecified atom stereocenters. The van der Waals surface area contributed by atoms with Crippen molar-refractivity contribution in [1.29, 1.82) is 0 Å². The topological polar surface area (TPSA) is 75.4 Å². The monoisotopic (exact) mass is 269 g/mol. The number of nitrogens with two attached hydrogens (primary N) is 1. The summed E-state index contributed by atoms with van der Waals surface area (Å²) in [6.45, 7) is 6.02. The molecule has 3 atom stereocenters. The minimum absolute atomic E-state index is 0.0108. The van der Waals surface area contributed by atoms with E-state index in [0.29, 0.717) is 5.92 Å². The van der Waals surface area contributed by atoms with Gasteiger partial charge in [-0.2, -0.15) is 0 Å². The van der Waals surface area contributed by atoms with Crippen LogP contribution < -0.4 is 11.1 Å². The molecular formula is C14H27N3O2. The van der Waals surface area contributed by atoms with Gasteiger partial charge in [-0.1, -0.05) is 6.92 Å². The molecule has 110 valence electrons. The Bertz CT molecular complexity index is 331. The Morgan fingerprint density at radius 2 is 2.00 bits per heavy atom. The lowest BCUT2D eigenvalue weighted by atomic mass is 9.77. The zero-order valence-electron chi connectivity index (χ0n) is 12.5. The van der Waals surface area contributed by atoms with Crippen LogP contribution >= 0.6 is 0 Å². The van der Waals surface area contributed by atoms with Gasteiger partial charge in [-0.05, 0) is 39.0 Å². The Morgan fingerprint density at radius 1 is 1.37 bits per heavy atom. The highest BCUT2D eigenvalue weighted by molar-refractivity contribution is 5.86. The van der Waals surface area contributed by atoms with E-state index >= 15 is 0 Å². The molecule has 5 heteroatoms. The molecule has 1 fully saturated rings. The van der Waals surface area contributed by atoms with E-state index in [1.165, 1.54) is 4.90 Å². The molecular weight excluding hydrogens is 242 g/mol. The van der Waals surface area contributed by atoms with Gasteiger partial charge in [0.25, 0.3) is 0 Å². The molecule has 19 heavy (non-hydrogen) atoms. The summed E-state index contributed by atoms with van der Waals surface area (Å²) in [4.78, 5) is 25.5. The van der Waals surface area contributed by atoms with Crippen LogP contribution in [-0.4, -0.2) is 42.4 Å². The van der Waals surface area contributed by atoms with Crippen LogP contribution in [-0.2, 0) is 9.59 Å². The summed E-state index contributed by atoms with van der Waals surface area (Å²) >= 11 is 0. The first-order chi connectivity index (χ1) is 8.81. The average Bonchev–Trinajstić information content (AvgIpc) is 2.26. The maximum Gasteiger partial charge on any atom is 0.239 e. The summed E-state index contributed by atoms with van der Waals surface area (Å²) in [5.41, 5.74) is 5.91. The second kappa shape index (κ2) is 6.89. The Labute approximate surface area is 115 Å². The highest BCUT2D eigenvalue weighted by Crippen LogP contribution is 2.30. The van der Waals surface area contributed by atoms with Crippen molar-refractivity contribution >= 4 is 11.8 Å². The number of nitrogens with zero attached hydrogens (tertiary/aromatic N) is 1. The van der Waals surface area contributed by atoms with Crippen LogP contribution in [0.25, 0.3) is 0 Å². The predicted octanol–water partition coefficient (Wildman–Crippen LogP) is 0.733. The van der Waals surface area contributed by atoms with Crippen molar-refractivity contribution in [3.63, 3.8) is 0 Å². The van der Waals surface area contributed by atoms with Crippen LogP contribution in [0.5, 0.6) is 0 Å². The zero-order valence-corrected chi connectivity index (χ0v) is 12.5. The van der Waals surface area contributed by atoms with Crippen LogP contribution in [0.15, 0.2) is 0 Å². The molecule has 2 amide bonds. The Hall–Kier alpha value is -1.10. The molecule has 0 aromatic carbocycles. The lowest BCUT2D eigenvalue weighted by molar-refractivity contribution is -0.140. The zero-order chi connectivity index (χ0) is 14.6. The summed E-state index contributed by atoms with van der Waals surface area (Å²) in [5, 5.41) is 2.80. The van der Waals surface area contributed by atoms with Crippen LogP contribution in [0.4, 0.5) is 0 Å². The normalized spacial score (nSPS) is 27.2. The summed E-state index contributed by atoms with van der Waals surface area (Å²) < 4.78 is 0. The number of nitrogens with one attached hydrogen (secondary N) is 1. The third kappa shape index (κ3) is 4.82. The van der Waals surface area contributed by atoms with Gasteiger partial charge in [0, 0.05) is 25.0 Å². The third-order valence-corrected chi connectivity index (χ3v) is 3.73. The first kappa shape index (κ1) is 16.0. The van der Waals surface area contributed by atoms with E-state index in [1.54, 1.807) is 7.05 Å². The van der Waals surface area contributed by atoms with E-state index in [4.69, 9.17) is 5.73 Å². The van der Waals surface area contributed by atoms with Gasteiger partial charge in [0.2, 0.25) is 11.8 Å². The van der Waals surface area contributed by atoms with Gasteiger partial charge in [-0.25, -0.2) is 0 Å². The average molecular weight is 269 g/mol. The van der Waals surface area contributed by atoms with Crippen molar-refractivity contribution in [2.45, 2.75) is 52.1 Å². The standard InChI is InChI=1S/C14H27N3O2/c1-9(2)16-13(18)8-17(4)14(19)12-6-5-11(15)7-10(12)3/h9-12H,5-8,15H2,1-4H3,(H,16,18). The van der Waals surface area contributed by atoms with E-state index in [1.807, 2.05) is 13.8 Å². The maximum absolute atomic E-state index is 12.3. The number of hydrogen-bond donors (Lipinski definition) is 2. The lowest BCUT2D eigenvalue weighted by Gasteiger charge is -2.33. The number of carbonyl (C=O) groups is 2. The number of carbonyl (C=O) groups excluding carboxylic acids is 2. The smallest absolute Gasteiger partial charge is 0.239 e. The Kier molecular flexibility index (Phi) is 5.79. The molecule has 1 rings (SSSR count). The fraction of sp³-hybridized carbons (Fsp3) is 0.857. The molecule has 0 heterocycles. The third-order valence-electron chi connectivity index (χ3n) is 3.73. The van der Waals surface area contributed by atoms with Gasteiger partial charge < -0.3 is 16.0 Å². The molecule has 0 bridgehead atoms. The van der Waals surface area contributed by atoms with E-state index in [0.717, 1.165) is 19.3 Å². The molecule has 0 radical (unpaired) electrons. The van der Waals surface area contributed by atoms with E-state index in [2.05, 4.69) is 12.2 Å². The van der Waals surface area contributed by atoms with Gasteiger partial charge in [0.05, 0.1) is 6.54 Å². The van der Waals surface area contributed by atoms with Crippen molar-refractivity contribution in [1.82, 2.24) is 10.2 Å². The second-order valence-electron chi connectivity index (χ2n) is 6.07. The van der Waals surface area contributed by atoms with Crippen LogP contribution in [0.2, 0.25) is 0 Å². The number of hydrogen-bond acceptors (Lipinski definition) is 3. The first-order valence-corrected chi connectivity index (χ1v) is 7.11. The Balaban J connectivity index is 2.50. The van der Waals surface area contributed by atoms with Gasteiger partial charge >= 0.3 is 0 Å². The van der Waals surface area contributed by atoms with Crippen molar-refractivity contribution in [2.24, 2.45) is 17.6 Å². The molecule has 3 N–H and O–H groups in total. The van der Waals surface area contributed by atoms with Gasteiger partial charge in [-0.3, -0.25) is 9.59 Å². The van der Waals surface area contributed by atoms with Gasteiger partial charge in [0.15, 0.2) is 0 Å². The molecule has 0 spiro atoms. The molecule has 1 aliphatic carbocycles. The lowest BCUT2D eigenvalue weighted by Crippen LogP contribution is -2.45. The van der Waals surface area contributed by atoms with Crippen LogP contribution in [0.1, 0.15) is 40.0 Å².